The second-order valence-corrected chi connectivity index (χ2v) is 11.5. The summed E-state index contributed by atoms with van der Waals surface area (Å²) < 4.78 is 33.3. The van der Waals surface area contributed by atoms with Gasteiger partial charge in [-0.1, -0.05) is 24.2 Å². The molecule has 0 saturated carbocycles. The van der Waals surface area contributed by atoms with E-state index in [9.17, 15) is 13.2 Å². The molecular formula is C23H28N4O4S2. The number of hydrogen-bond donors (Lipinski definition) is 1. The summed E-state index contributed by atoms with van der Waals surface area (Å²) in [5.41, 5.74) is 2.89. The molecule has 2 aromatic heterocycles. The van der Waals surface area contributed by atoms with Crippen molar-refractivity contribution >= 4 is 33.0 Å². The van der Waals surface area contributed by atoms with Gasteiger partial charge in [-0.3, -0.25) is 4.79 Å². The molecule has 1 aliphatic rings. The fraction of sp³-hybridized carbons (Fsp3) is 0.435. The van der Waals surface area contributed by atoms with Gasteiger partial charge in [0.1, 0.15) is 0 Å². The molecule has 0 unspecified atom stereocenters. The summed E-state index contributed by atoms with van der Waals surface area (Å²) in [6, 6.07) is 7.57. The molecule has 1 aromatic carbocycles. The van der Waals surface area contributed by atoms with Crippen LogP contribution in [0.4, 0.5) is 5.69 Å². The van der Waals surface area contributed by atoms with E-state index in [1.54, 1.807) is 13.0 Å². The molecular weight excluding hydrogens is 460 g/mol. The average Bonchev–Trinajstić information content (AvgIpc) is 3.43. The fourth-order valence-electron chi connectivity index (χ4n) is 3.93. The number of aromatic nitrogens is 2. The Morgan fingerprint density at radius 3 is 2.61 bits per heavy atom. The van der Waals surface area contributed by atoms with Crippen LogP contribution in [0.15, 0.2) is 33.7 Å². The molecule has 0 radical (unpaired) electrons. The summed E-state index contributed by atoms with van der Waals surface area (Å²) in [7, 11) is -3.67. The first-order valence-corrected chi connectivity index (χ1v) is 13.3. The third-order valence-corrected chi connectivity index (χ3v) is 9.16. The standard InChI is InChI=1S/C23H28N4O4S2/c1-5-21-25-22(26-31-21)19-13-20(16(4)32-19)33(29,30)27-10-8-17(9-11-27)23(28)24-18-12-14(2)6-7-15(18)3/h6-7,12-13,17H,5,8-11H2,1-4H3,(H,24,28). The van der Waals surface area contributed by atoms with Gasteiger partial charge in [-0.05, 0) is 56.9 Å². The van der Waals surface area contributed by atoms with Gasteiger partial charge in [0.05, 0.1) is 9.77 Å². The lowest BCUT2D eigenvalue weighted by atomic mass is 9.97. The van der Waals surface area contributed by atoms with Crippen molar-refractivity contribution in [3.05, 3.63) is 46.2 Å². The van der Waals surface area contributed by atoms with Crippen molar-refractivity contribution in [3.63, 3.8) is 0 Å². The predicted octanol–water partition coefficient (Wildman–Crippen LogP) is 4.33. The number of piperidine rings is 1. The van der Waals surface area contributed by atoms with Gasteiger partial charge in [0.15, 0.2) is 0 Å². The number of amides is 1. The first-order chi connectivity index (χ1) is 15.7. The van der Waals surface area contributed by atoms with Crippen LogP contribution in [0, 0.1) is 26.7 Å². The number of hydrogen-bond acceptors (Lipinski definition) is 7. The van der Waals surface area contributed by atoms with Crippen LogP contribution >= 0.6 is 11.3 Å². The van der Waals surface area contributed by atoms with Crippen LogP contribution in [0.3, 0.4) is 0 Å². The number of rotatable bonds is 6. The lowest BCUT2D eigenvalue weighted by Gasteiger charge is -2.30. The van der Waals surface area contributed by atoms with Crippen molar-refractivity contribution in [2.75, 3.05) is 18.4 Å². The highest BCUT2D eigenvalue weighted by atomic mass is 32.2. The highest BCUT2D eigenvalue weighted by molar-refractivity contribution is 7.89. The van der Waals surface area contributed by atoms with Crippen molar-refractivity contribution in [1.82, 2.24) is 14.4 Å². The Morgan fingerprint density at radius 2 is 1.94 bits per heavy atom. The topological polar surface area (TPSA) is 105 Å². The molecule has 1 fully saturated rings. The number of anilines is 1. The Labute approximate surface area is 198 Å². The first kappa shape index (κ1) is 23.6. The van der Waals surface area contributed by atoms with Crippen LogP contribution in [-0.4, -0.2) is 41.9 Å². The van der Waals surface area contributed by atoms with E-state index in [0.717, 1.165) is 16.8 Å². The lowest BCUT2D eigenvalue weighted by molar-refractivity contribution is -0.120. The van der Waals surface area contributed by atoms with Crippen molar-refractivity contribution in [3.8, 4) is 10.7 Å². The van der Waals surface area contributed by atoms with E-state index < -0.39 is 10.0 Å². The zero-order valence-electron chi connectivity index (χ0n) is 19.2. The highest BCUT2D eigenvalue weighted by Gasteiger charge is 2.34. The molecule has 4 rings (SSSR count). The fourth-order valence-corrected chi connectivity index (χ4v) is 6.89. The Balaban J connectivity index is 1.44. The van der Waals surface area contributed by atoms with E-state index in [-0.39, 0.29) is 16.7 Å². The first-order valence-electron chi connectivity index (χ1n) is 11.0. The minimum Gasteiger partial charge on any atom is -0.339 e. The maximum absolute atomic E-state index is 13.3. The second kappa shape index (κ2) is 9.36. The van der Waals surface area contributed by atoms with E-state index >= 15 is 0 Å². The van der Waals surface area contributed by atoms with Gasteiger partial charge >= 0.3 is 0 Å². The number of nitrogens with one attached hydrogen (secondary N) is 1. The zero-order chi connectivity index (χ0) is 23.8. The molecule has 1 amide bonds. The average molecular weight is 489 g/mol. The Bertz CT molecular complexity index is 1270. The Hall–Kier alpha value is -2.56. The molecule has 33 heavy (non-hydrogen) atoms. The van der Waals surface area contributed by atoms with Crippen LogP contribution in [0.1, 0.15) is 41.7 Å². The van der Waals surface area contributed by atoms with Gasteiger partial charge in [-0.25, -0.2) is 8.42 Å². The number of nitrogens with zero attached hydrogens (tertiary/aromatic N) is 3. The normalized spacial score (nSPS) is 15.6. The SMILES string of the molecule is CCc1nc(-c2cc(S(=O)(=O)N3CCC(C(=O)Nc4cc(C)ccc4C)CC3)c(C)s2)no1. The number of carbonyl (C=O) groups excluding carboxylic acids is 1. The molecule has 176 valence electrons. The van der Waals surface area contributed by atoms with Gasteiger partial charge in [0.2, 0.25) is 27.6 Å². The van der Waals surface area contributed by atoms with E-state index in [0.29, 0.717) is 53.8 Å². The summed E-state index contributed by atoms with van der Waals surface area (Å²) in [6.07, 6.45) is 1.59. The van der Waals surface area contributed by atoms with Crippen molar-refractivity contribution in [2.24, 2.45) is 5.92 Å². The molecule has 8 nitrogen and oxygen atoms in total. The smallest absolute Gasteiger partial charge is 0.244 e. The number of carbonyl (C=O) groups is 1. The van der Waals surface area contributed by atoms with E-state index in [1.807, 2.05) is 39.0 Å². The van der Waals surface area contributed by atoms with Crippen molar-refractivity contribution in [2.45, 2.75) is 51.9 Å². The Morgan fingerprint density at radius 1 is 1.21 bits per heavy atom. The minimum atomic E-state index is -3.67. The van der Waals surface area contributed by atoms with Gasteiger partial charge in [-0.2, -0.15) is 9.29 Å². The molecule has 10 heteroatoms. The monoisotopic (exact) mass is 488 g/mol. The Kier molecular flexibility index (Phi) is 6.69. The van der Waals surface area contributed by atoms with Crippen LogP contribution in [0.2, 0.25) is 0 Å². The van der Waals surface area contributed by atoms with Crippen molar-refractivity contribution < 1.29 is 17.7 Å². The summed E-state index contributed by atoms with van der Waals surface area (Å²) in [6.45, 7) is 8.25. The third-order valence-electron chi connectivity index (χ3n) is 5.96. The summed E-state index contributed by atoms with van der Waals surface area (Å²) in [5.74, 6) is 0.644. The summed E-state index contributed by atoms with van der Waals surface area (Å²) in [4.78, 5) is 18.7. The molecule has 1 N–H and O–H groups in total. The number of aryl methyl sites for hydroxylation is 4. The molecule has 1 aliphatic heterocycles. The van der Waals surface area contributed by atoms with E-state index in [1.165, 1.54) is 15.6 Å². The van der Waals surface area contributed by atoms with Gasteiger partial charge < -0.3 is 9.84 Å². The van der Waals surface area contributed by atoms with Crippen LogP contribution < -0.4 is 5.32 Å². The molecule has 0 aliphatic carbocycles. The highest BCUT2D eigenvalue weighted by Crippen LogP contribution is 2.35. The lowest BCUT2D eigenvalue weighted by Crippen LogP contribution is -2.41. The molecule has 3 aromatic rings. The van der Waals surface area contributed by atoms with Crippen LogP contribution in [0.5, 0.6) is 0 Å². The predicted molar refractivity (Wildman–Crippen MR) is 128 cm³/mol. The second-order valence-electron chi connectivity index (χ2n) is 8.38. The number of thiophene rings is 1. The minimum absolute atomic E-state index is 0.0569. The van der Waals surface area contributed by atoms with Gasteiger partial charge in [0.25, 0.3) is 0 Å². The van der Waals surface area contributed by atoms with Gasteiger partial charge in [-0.15, -0.1) is 11.3 Å². The van der Waals surface area contributed by atoms with Crippen molar-refractivity contribution in [1.29, 1.82) is 0 Å². The molecule has 0 bridgehead atoms. The quantitative estimate of drug-likeness (QED) is 0.554. The molecule has 0 atom stereocenters. The number of benzene rings is 1. The van der Waals surface area contributed by atoms with Crippen LogP contribution in [0.25, 0.3) is 10.7 Å². The molecule has 3 heterocycles. The molecule has 0 spiro atoms. The van der Waals surface area contributed by atoms with E-state index in [4.69, 9.17) is 4.52 Å². The summed E-state index contributed by atoms with van der Waals surface area (Å²) in [5, 5.41) is 6.97. The maximum atomic E-state index is 13.3. The largest absolute Gasteiger partial charge is 0.339 e. The maximum Gasteiger partial charge on any atom is 0.244 e. The zero-order valence-corrected chi connectivity index (χ0v) is 20.8. The molecule has 1 saturated heterocycles. The van der Waals surface area contributed by atoms with E-state index in [2.05, 4.69) is 15.5 Å². The van der Waals surface area contributed by atoms with Crippen LogP contribution in [-0.2, 0) is 21.2 Å². The third kappa shape index (κ3) is 4.87. The van der Waals surface area contributed by atoms with Gasteiger partial charge in [0, 0.05) is 36.0 Å². The number of sulfonamides is 1. The summed E-state index contributed by atoms with van der Waals surface area (Å²) >= 11 is 1.34.